The molecular formula is C16H20N4O5S. The smallest absolute Gasteiger partial charge is 0.337 e. The van der Waals surface area contributed by atoms with Gasteiger partial charge in [-0.15, -0.1) is 0 Å². The normalized spacial score (nSPS) is 16.9. The lowest BCUT2D eigenvalue weighted by molar-refractivity contribution is -0.155. The number of fused-ring (bicyclic) bond motifs is 1. The zero-order valence-corrected chi connectivity index (χ0v) is 15.0. The molecule has 0 spiro atoms. The monoisotopic (exact) mass is 380 g/mol. The van der Waals surface area contributed by atoms with Gasteiger partial charge in [-0.3, -0.25) is 0 Å². The number of nitrogens with zero attached hydrogens (tertiary/aromatic N) is 2. The van der Waals surface area contributed by atoms with Crippen molar-refractivity contribution in [3.8, 4) is 0 Å². The van der Waals surface area contributed by atoms with Gasteiger partial charge in [0.2, 0.25) is 0 Å². The van der Waals surface area contributed by atoms with Crippen molar-refractivity contribution in [1.29, 1.82) is 0 Å². The van der Waals surface area contributed by atoms with Gasteiger partial charge in [-0.05, 0) is 25.1 Å². The van der Waals surface area contributed by atoms with Crippen LogP contribution in [0, 0.1) is 0 Å². The van der Waals surface area contributed by atoms with Crippen LogP contribution in [-0.4, -0.2) is 65.6 Å². The zero-order chi connectivity index (χ0) is 18.7. The van der Waals surface area contributed by atoms with Crippen LogP contribution in [0.1, 0.15) is 6.92 Å². The fraction of sp³-hybridized carbons (Fsp3) is 0.438. The molecule has 26 heavy (non-hydrogen) atoms. The summed E-state index contributed by atoms with van der Waals surface area (Å²) < 4.78 is 6.28. The summed E-state index contributed by atoms with van der Waals surface area (Å²) in [5.41, 5.74) is -0.620. The Morgan fingerprint density at radius 2 is 2.12 bits per heavy atom. The number of aliphatic hydroxyl groups is 1. The van der Waals surface area contributed by atoms with E-state index in [1.165, 1.54) is 11.3 Å². The number of nitrogens with one attached hydrogen (secondary N) is 2. The third kappa shape index (κ3) is 4.21. The minimum atomic E-state index is -2.02. The molecule has 9 nitrogen and oxygen atoms in total. The number of carbonyl (C=O) groups excluding carboxylic acids is 1. The Hall–Kier alpha value is -2.43. The molecule has 0 bridgehead atoms. The first-order chi connectivity index (χ1) is 12.3. The predicted octanol–water partition coefficient (Wildman–Crippen LogP) is 1.09. The van der Waals surface area contributed by atoms with E-state index in [1.54, 1.807) is 6.07 Å². The number of amides is 2. The fourth-order valence-electron chi connectivity index (χ4n) is 2.38. The average molecular weight is 380 g/mol. The largest absolute Gasteiger partial charge is 0.479 e. The lowest BCUT2D eigenvalue weighted by Gasteiger charge is -2.25. The molecule has 2 heterocycles. The van der Waals surface area contributed by atoms with E-state index in [2.05, 4.69) is 20.5 Å². The van der Waals surface area contributed by atoms with Crippen molar-refractivity contribution in [3.63, 3.8) is 0 Å². The Bertz CT molecular complexity index is 816. The summed E-state index contributed by atoms with van der Waals surface area (Å²) in [6.45, 7) is 3.68. The number of morpholine rings is 1. The second-order valence-electron chi connectivity index (χ2n) is 6.17. The quantitative estimate of drug-likeness (QED) is 0.612. The molecule has 1 atom stereocenters. The van der Waals surface area contributed by atoms with Crippen molar-refractivity contribution in [2.24, 2.45) is 0 Å². The number of anilines is 2. The Morgan fingerprint density at radius 1 is 1.38 bits per heavy atom. The molecule has 3 rings (SSSR count). The SMILES string of the molecule is CC(O)(CNC(=O)Nc1ccc2nc(N3CCOCC3)sc2c1)C(=O)O. The fourth-order valence-corrected chi connectivity index (χ4v) is 3.44. The van der Waals surface area contributed by atoms with Crippen LogP contribution in [0.15, 0.2) is 18.2 Å². The van der Waals surface area contributed by atoms with Gasteiger partial charge in [0.15, 0.2) is 10.7 Å². The molecule has 2 aromatic rings. The number of carboxylic acid groups (broad SMARTS) is 1. The van der Waals surface area contributed by atoms with Crippen LogP contribution < -0.4 is 15.5 Å². The standard InChI is InChI=1S/C16H20N4O5S/c1-16(24,13(21)22)9-17-14(23)18-10-2-3-11-12(8-10)26-15(19-11)20-4-6-25-7-5-20/h2-3,8,24H,4-7,9H2,1H3,(H,21,22)(H2,17,18,23). The summed E-state index contributed by atoms with van der Waals surface area (Å²) in [5, 5.41) is 24.3. The van der Waals surface area contributed by atoms with Gasteiger partial charge in [-0.2, -0.15) is 0 Å². The minimum Gasteiger partial charge on any atom is -0.479 e. The Kier molecular flexibility index (Phi) is 5.25. The van der Waals surface area contributed by atoms with Crippen molar-refractivity contribution < 1.29 is 24.5 Å². The average Bonchev–Trinajstić information content (AvgIpc) is 3.04. The molecule has 10 heteroatoms. The molecule has 1 aromatic carbocycles. The van der Waals surface area contributed by atoms with Gasteiger partial charge in [0.25, 0.3) is 0 Å². The van der Waals surface area contributed by atoms with E-state index in [0.29, 0.717) is 18.9 Å². The summed E-state index contributed by atoms with van der Waals surface area (Å²) in [5.74, 6) is -1.40. The van der Waals surface area contributed by atoms with Crippen molar-refractivity contribution in [2.75, 3.05) is 43.1 Å². The zero-order valence-electron chi connectivity index (χ0n) is 14.2. The molecule has 0 saturated carbocycles. The molecule has 1 saturated heterocycles. The van der Waals surface area contributed by atoms with E-state index in [-0.39, 0.29) is 0 Å². The summed E-state index contributed by atoms with van der Waals surface area (Å²) in [7, 11) is 0. The molecule has 0 radical (unpaired) electrons. The van der Waals surface area contributed by atoms with Crippen molar-refractivity contribution >= 4 is 44.4 Å². The van der Waals surface area contributed by atoms with Crippen LogP contribution >= 0.6 is 11.3 Å². The number of carbonyl (C=O) groups is 2. The number of carboxylic acids is 1. The minimum absolute atomic E-state index is 0.405. The van der Waals surface area contributed by atoms with Gasteiger partial charge in [-0.25, -0.2) is 14.6 Å². The number of aromatic nitrogens is 1. The number of thiazole rings is 1. The first kappa shape index (κ1) is 18.4. The Balaban J connectivity index is 1.65. The van der Waals surface area contributed by atoms with Gasteiger partial charge in [0.05, 0.1) is 30.0 Å². The number of hydrogen-bond donors (Lipinski definition) is 4. The maximum absolute atomic E-state index is 11.9. The van der Waals surface area contributed by atoms with Gasteiger partial charge >= 0.3 is 12.0 Å². The van der Waals surface area contributed by atoms with E-state index in [9.17, 15) is 14.7 Å². The van der Waals surface area contributed by atoms with Gasteiger partial charge < -0.3 is 30.5 Å². The highest BCUT2D eigenvalue weighted by Gasteiger charge is 2.30. The first-order valence-corrected chi connectivity index (χ1v) is 8.91. The lowest BCUT2D eigenvalue weighted by atomic mass is 10.1. The second kappa shape index (κ2) is 7.44. The van der Waals surface area contributed by atoms with Gasteiger partial charge in [0, 0.05) is 18.8 Å². The third-order valence-corrected chi connectivity index (χ3v) is 5.05. The lowest BCUT2D eigenvalue weighted by Crippen LogP contribution is -2.47. The summed E-state index contributed by atoms with van der Waals surface area (Å²) in [6, 6.07) is 4.76. The highest BCUT2D eigenvalue weighted by Crippen LogP contribution is 2.31. The Labute approximate surface area is 153 Å². The predicted molar refractivity (Wildman–Crippen MR) is 97.9 cm³/mol. The first-order valence-electron chi connectivity index (χ1n) is 8.09. The third-order valence-electron chi connectivity index (χ3n) is 3.97. The van der Waals surface area contributed by atoms with Gasteiger partial charge in [0.1, 0.15) is 0 Å². The topological polar surface area (TPSA) is 124 Å². The number of aliphatic carboxylic acids is 1. The van der Waals surface area contributed by atoms with E-state index in [0.717, 1.165) is 35.4 Å². The van der Waals surface area contributed by atoms with Crippen molar-refractivity contribution in [1.82, 2.24) is 10.3 Å². The van der Waals surface area contributed by atoms with E-state index in [4.69, 9.17) is 9.84 Å². The van der Waals surface area contributed by atoms with E-state index >= 15 is 0 Å². The summed E-state index contributed by atoms with van der Waals surface area (Å²) in [4.78, 5) is 29.5. The van der Waals surface area contributed by atoms with Crippen molar-refractivity contribution in [3.05, 3.63) is 18.2 Å². The van der Waals surface area contributed by atoms with E-state index < -0.39 is 24.1 Å². The van der Waals surface area contributed by atoms with Gasteiger partial charge in [-0.1, -0.05) is 11.3 Å². The maximum Gasteiger partial charge on any atom is 0.337 e. The number of ether oxygens (including phenoxy) is 1. The maximum atomic E-state index is 11.9. The molecule has 1 unspecified atom stereocenters. The van der Waals surface area contributed by atoms with Crippen LogP contribution in [-0.2, 0) is 9.53 Å². The molecule has 1 aromatic heterocycles. The highest BCUT2D eigenvalue weighted by molar-refractivity contribution is 7.22. The molecule has 0 aliphatic carbocycles. The highest BCUT2D eigenvalue weighted by atomic mass is 32.1. The molecule has 140 valence electrons. The Morgan fingerprint density at radius 3 is 2.81 bits per heavy atom. The molecule has 1 aliphatic rings. The summed E-state index contributed by atoms with van der Waals surface area (Å²) in [6.07, 6.45) is 0. The van der Waals surface area contributed by atoms with Crippen LogP contribution in [0.5, 0.6) is 0 Å². The molecule has 1 aliphatic heterocycles. The number of urea groups is 1. The molecule has 4 N–H and O–H groups in total. The van der Waals surface area contributed by atoms with Crippen LogP contribution in [0.4, 0.5) is 15.6 Å². The summed E-state index contributed by atoms with van der Waals surface area (Å²) >= 11 is 1.54. The van der Waals surface area contributed by atoms with Crippen LogP contribution in [0.3, 0.4) is 0 Å². The second-order valence-corrected chi connectivity index (χ2v) is 7.17. The van der Waals surface area contributed by atoms with Crippen molar-refractivity contribution in [2.45, 2.75) is 12.5 Å². The molecule has 1 fully saturated rings. The van der Waals surface area contributed by atoms with E-state index in [1.807, 2.05) is 12.1 Å². The number of benzene rings is 1. The molecule has 2 amide bonds. The van der Waals surface area contributed by atoms with Crippen LogP contribution in [0.2, 0.25) is 0 Å². The number of hydrogen-bond acceptors (Lipinski definition) is 7. The molecular weight excluding hydrogens is 360 g/mol. The van der Waals surface area contributed by atoms with Crippen LogP contribution in [0.25, 0.3) is 10.2 Å². The number of rotatable bonds is 5.